The van der Waals surface area contributed by atoms with Crippen LogP contribution >= 0.6 is 23.2 Å². The zero-order valence-corrected chi connectivity index (χ0v) is 12.5. The van der Waals surface area contributed by atoms with Crippen LogP contribution in [-0.2, 0) is 9.59 Å². The first-order valence-corrected chi connectivity index (χ1v) is 7.41. The Balaban J connectivity index is 1.91. The van der Waals surface area contributed by atoms with E-state index in [9.17, 15) is 9.59 Å². The molecule has 108 valence electrons. The Morgan fingerprint density at radius 1 is 1.42 bits per heavy atom. The molecule has 0 bridgehead atoms. The van der Waals surface area contributed by atoms with Crippen LogP contribution in [0.1, 0.15) is 39.0 Å². The van der Waals surface area contributed by atoms with Gasteiger partial charge < -0.3 is 10.0 Å². The van der Waals surface area contributed by atoms with Crippen molar-refractivity contribution >= 4 is 35.1 Å². The monoisotopic (exact) mass is 307 g/mol. The largest absolute Gasteiger partial charge is 0.481 e. The van der Waals surface area contributed by atoms with Crippen LogP contribution in [0, 0.1) is 11.3 Å². The molecule has 1 heterocycles. The number of hydrogen-bond donors (Lipinski definition) is 1. The Labute approximate surface area is 123 Å². The molecule has 1 saturated carbocycles. The maximum atomic E-state index is 12.4. The molecule has 1 aliphatic carbocycles. The fourth-order valence-electron chi connectivity index (χ4n) is 2.79. The van der Waals surface area contributed by atoms with E-state index in [-0.39, 0.29) is 18.2 Å². The van der Waals surface area contributed by atoms with Crippen molar-refractivity contribution in [1.82, 2.24) is 4.90 Å². The Bertz CT molecular complexity index is 399. The Kier molecular flexibility index (Phi) is 4.03. The lowest BCUT2D eigenvalue weighted by Gasteiger charge is -2.34. The number of aliphatic carboxylic acids is 1. The number of carboxylic acid groups (broad SMARTS) is 1. The van der Waals surface area contributed by atoms with Gasteiger partial charge in [0.2, 0.25) is 5.91 Å². The number of nitrogens with zero attached hydrogens (tertiary/aromatic N) is 1. The summed E-state index contributed by atoms with van der Waals surface area (Å²) in [6.45, 7) is 3.16. The average Bonchev–Trinajstić information content (AvgIpc) is 2.87. The second-order valence-electron chi connectivity index (χ2n) is 5.91. The van der Waals surface area contributed by atoms with Crippen LogP contribution in [0.4, 0.5) is 0 Å². The van der Waals surface area contributed by atoms with Crippen molar-refractivity contribution < 1.29 is 14.7 Å². The standard InChI is InChI=1S/C13H19Cl2NO3/c1-12(8-13(12,14)15)11(19)16-6-2-3-9(7-16)4-5-10(17)18/h9H,2-8H2,1H3,(H,17,18)/t9-,12-/m0/s1. The maximum absolute atomic E-state index is 12.4. The molecule has 2 rings (SSSR count). The van der Waals surface area contributed by atoms with Gasteiger partial charge in [0.25, 0.3) is 0 Å². The van der Waals surface area contributed by atoms with E-state index < -0.39 is 15.7 Å². The van der Waals surface area contributed by atoms with Crippen LogP contribution in [0.25, 0.3) is 0 Å². The predicted molar refractivity (Wildman–Crippen MR) is 73.3 cm³/mol. The van der Waals surface area contributed by atoms with Crippen LogP contribution in [0.15, 0.2) is 0 Å². The van der Waals surface area contributed by atoms with Crippen LogP contribution < -0.4 is 0 Å². The number of amides is 1. The van der Waals surface area contributed by atoms with Crippen molar-refractivity contribution in [2.24, 2.45) is 11.3 Å². The smallest absolute Gasteiger partial charge is 0.303 e. The average molecular weight is 308 g/mol. The molecule has 1 aliphatic heterocycles. The van der Waals surface area contributed by atoms with E-state index >= 15 is 0 Å². The van der Waals surface area contributed by atoms with Gasteiger partial charge in [-0.15, -0.1) is 23.2 Å². The quantitative estimate of drug-likeness (QED) is 0.812. The Morgan fingerprint density at radius 3 is 2.58 bits per heavy atom. The van der Waals surface area contributed by atoms with Crippen LogP contribution in [-0.4, -0.2) is 39.3 Å². The third-order valence-electron chi connectivity index (χ3n) is 4.30. The van der Waals surface area contributed by atoms with E-state index in [0.717, 1.165) is 19.4 Å². The number of likely N-dealkylation sites (tertiary alicyclic amines) is 1. The van der Waals surface area contributed by atoms with E-state index in [0.29, 0.717) is 19.4 Å². The van der Waals surface area contributed by atoms with Crippen LogP contribution in [0.2, 0.25) is 0 Å². The van der Waals surface area contributed by atoms with Crippen molar-refractivity contribution in [1.29, 1.82) is 0 Å². The highest BCUT2D eigenvalue weighted by Crippen LogP contribution is 2.64. The van der Waals surface area contributed by atoms with Gasteiger partial charge in [-0.1, -0.05) is 0 Å². The number of rotatable bonds is 4. The van der Waals surface area contributed by atoms with Crippen molar-refractivity contribution in [3.05, 3.63) is 0 Å². The first kappa shape index (κ1) is 14.9. The lowest BCUT2D eigenvalue weighted by atomic mass is 9.92. The molecular weight excluding hydrogens is 289 g/mol. The van der Waals surface area contributed by atoms with Gasteiger partial charge in [-0.25, -0.2) is 0 Å². The van der Waals surface area contributed by atoms with Crippen molar-refractivity contribution in [3.63, 3.8) is 0 Å². The summed E-state index contributed by atoms with van der Waals surface area (Å²) in [5.41, 5.74) is -0.662. The summed E-state index contributed by atoms with van der Waals surface area (Å²) in [6, 6.07) is 0. The zero-order valence-electron chi connectivity index (χ0n) is 11.0. The van der Waals surface area contributed by atoms with Gasteiger partial charge in [0, 0.05) is 19.5 Å². The SMILES string of the molecule is C[C@@]1(C(=O)N2CCC[C@@H](CCC(=O)O)C2)CC1(Cl)Cl. The first-order chi connectivity index (χ1) is 8.76. The molecular formula is C13H19Cl2NO3. The predicted octanol–water partition coefficient (Wildman–Crippen LogP) is 2.67. The lowest BCUT2D eigenvalue weighted by molar-refractivity contribution is -0.138. The third-order valence-corrected chi connectivity index (χ3v) is 5.40. The fraction of sp³-hybridized carbons (Fsp3) is 0.846. The van der Waals surface area contributed by atoms with Crippen molar-refractivity contribution in [2.45, 2.75) is 43.4 Å². The number of piperidine rings is 1. The summed E-state index contributed by atoms with van der Waals surface area (Å²) in [5, 5.41) is 8.71. The first-order valence-electron chi connectivity index (χ1n) is 6.65. The minimum Gasteiger partial charge on any atom is -0.481 e. The third kappa shape index (κ3) is 3.00. The molecule has 4 nitrogen and oxygen atoms in total. The van der Waals surface area contributed by atoms with Gasteiger partial charge >= 0.3 is 5.97 Å². The molecule has 0 aromatic carbocycles. The second kappa shape index (κ2) is 5.13. The molecule has 2 fully saturated rings. The molecule has 2 aliphatic rings. The van der Waals surface area contributed by atoms with Crippen molar-refractivity contribution in [2.75, 3.05) is 13.1 Å². The normalized spacial score (nSPS) is 33.0. The summed E-state index contributed by atoms with van der Waals surface area (Å²) in [4.78, 5) is 24.8. The molecule has 0 radical (unpaired) electrons. The van der Waals surface area contributed by atoms with Gasteiger partial charge in [0.15, 0.2) is 0 Å². The number of halogens is 2. The summed E-state index contributed by atoms with van der Waals surface area (Å²) >= 11 is 12.1. The number of carbonyl (C=O) groups is 2. The minimum absolute atomic E-state index is 0.0116. The lowest BCUT2D eigenvalue weighted by Crippen LogP contribution is -2.44. The molecule has 0 aromatic heterocycles. The molecule has 1 N–H and O–H groups in total. The molecule has 2 atom stereocenters. The van der Waals surface area contributed by atoms with E-state index in [1.807, 2.05) is 4.90 Å². The maximum Gasteiger partial charge on any atom is 0.303 e. The summed E-state index contributed by atoms with van der Waals surface area (Å²) in [5.74, 6) is -0.494. The molecule has 6 heteroatoms. The highest BCUT2D eigenvalue weighted by Gasteiger charge is 2.68. The van der Waals surface area contributed by atoms with E-state index in [2.05, 4.69) is 0 Å². The van der Waals surface area contributed by atoms with Crippen LogP contribution in [0.3, 0.4) is 0 Å². The summed E-state index contributed by atoms with van der Waals surface area (Å²) in [6.07, 6.45) is 3.20. The second-order valence-corrected chi connectivity index (χ2v) is 7.39. The molecule has 1 saturated heterocycles. The van der Waals surface area contributed by atoms with Gasteiger partial charge in [-0.3, -0.25) is 9.59 Å². The van der Waals surface area contributed by atoms with E-state index in [1.54, 1.807) is 6.92 Å². The summed E-state index contributed by atoms with van der Waals surface area (Å²) < 4.78 is -0.932. The molecule has 0 aromatic rings. The van der Waals surface area contributed by atoms with Crippen molar-refractivity contribution in [3.8, 4) is 0 Å². The Morgan fingerprint density at radius 2 is 2.05 bits per heavy atom. The molecule has 1 amide bonds. The fourth-order valence-corrected chi connectivity index (χ4v) is 3.49. The molecule has 0 spiro atoms. The zero-order chi connectivity index (χ0) is 14.3. The van der Waals surface area contributed by atoms with Crippen LogP contribution in [0.5, 0.6) is 0 Å². The highest BCUT2D eigenvalue weighted by molar-refractivity contribution is 6.53. The van der Waals surface area contributed by atoms with E-state index in [1.165, 1.54) is 0 Å². The van der Waals surface area contributed by atoms with Gasteiger partial charge in [0.05, 0.1) is 5.41 Å². The van der Waals surface area contributed by atoms with Gasteiger partial charge in [-0.05, 0) is 38.5 Å². The number of alkyl halides is 2. The number of carboxylic acids is 1. The minimum atomic E-state index is -0.932. The van der Waals surface area contributed by atoms with E-state index in [4.69, 9.17) is 28.3 Å². The highest BCUT2D eigenvalue weighted by atomic mass is 35.5. The summed E-state index contributed by atoms with van der Waals surface area (Å²) in [7, 11) is 0. The topological polar surface area (TPSA) is 57.6 Å². The Hall–Kier alpha value is -0.480. The van der Waals surface area contributed by atoms with Gasteiger partial charge in [0.1, 0.15) is 4.33 Å². The molecule has 0 unspecified atom stereocenters. The van der Waals surface area contributed by atoms with Gasteiger partial charge in [-0.2, -0.15) is 0 Å². The molecule has 19 heavy (non-hydrogen) atoms. The number of hydrogen-bond acceptors (Lipinski definition) is 2. The number of carbonyl (C=O) groups excluding carboxylic acids is 1.